The lowest BCUT2D eigenvalue weighted by Gasteiger charge is -2.02. The van der Waals surface area contributed by atoms with Crippen LogP contribution in [-0.4, -0.2) is 26.1 Å². The molecular weight excluding hydrogens is 266 g/mol. The quantitative estimate of drug-likeness (QED) is 0.762. The van der Waals surface area contributed by atoms with Crippen LogP contribution in [0.1, 0.15) is 16.1 Å². The average Bonchev–Trinajstić information content (AvgIpc) is 3.04. The number of rotatable bonds is 4. The van der Waals surface area contributed by atoms with Crippen molar-refractivity contribution in [1.29, 1.82) is 0 Å². The van der Waals surface area contributed by atoms with Gasteiger partial charge in [0.2, 0.25) is 0 Å². The molecule has 0 unspecified atom stereocenters. The molecule has 0 atom stereocenters. The Morgan fingerprint density at radius 1 is 1.14 bits per heavy atom. The lowest BCUT2D eigenvalue weighted by molar-refractivity contribution is 0.0946. The van der Waals surface area contributed by atoms with E-state index in [9.17, 15) is 4.79 Å². The summed E-state index contributed by atoms with van der Waals surface area (Å²) in [5, 5.41) is 9.67. The number of amides is 1. The van der Waals surface area contributed by atoms with E-state index in [0.29, 0.717) is 17.9 Å². The molecule has 6 nitrogen and oxygen atoms in total. The Hall–Kier alpha value is -3.02. The first-order valence-electron chi connectivity index (χ1n) is 6.46. The monoisotopic (exact) mass is 279 g/mol. The number of nitrogens with one attached hydrogen (secondary N) is 2. The van der Waals surface area contributed by atoms with Crippen LogP contribution in [0.15, 0.2) is 55.1 Å². The Balaban J connectivity index is 1.67. The van der Waals surface area contributed by atoms with E-state index in [-0.39, 0.29) is 5.91 Å². The fraction of sp³-hybridized carbons (Fsp3) is 0.0667. The van der Waals surface area contributed by atoms with Gasteiger partial charge in [0, 0.05) is 36.9 Å². The highest BCUT2D eigenvalue weighted by Crippen LogP contribution is 2.15. The van der Waals surface area contributed by atoms with Crippen LogP contribution in [0.3, 0.4) is 0 Å². The highest BCUT2D eigenvalue weighted by atomic mass is 16.1. The van der Waals surface area contributed by atoms with Gasteiger partial charge in [-0.1, -0.05) is 6.07 Å². The predicted molar refractivity (Wildman–Crippen MR) is 77.2 cm³/mol. The maximum atomic E-state index is 12.0. The number of nitrogens with zero attached hydrogens (tertiary/aromatic N) is 3. The van der Waals surface area contributed by atoms with Crippen LogP contribution in [0.4, 0.5) is 0 Å². The fourth-order valence-corrected chi connectivity index (χ4v) is 1.88. The molecule has 0 saturated carbocycles. The van der Waals surface area contributed by atoms with E-state index in [1.54, 1.807) is 30.9 Å². The number of pyridine rings is 2. The van der Waals surface area contributed by atoms with Crippen LogP contribution >= 0.6 is 0 Å². The number of aromatic amines is 1. The summed E-state index contributed by atoms with van der Waals surface area (Å²) in [7, 11) is 0. The molecule has 0 spiro atoms. The molecule has 0 radical (unpaired) electrons. The van der Waals surface area contributed by atoms with Crippen molar-refractivity contribution in [2.75, 3.05) is 0 Å². The molecule has 3 aromatic heterocycles. The number of carbonyl (C=O) groups excluding carboxylic acids is 1. The molecule has 0 aliphatic rings. The molecule has 0 aliphatic carbocycles. The first-order valence-corrected chi connectivity index (χ1v) is 6.46. The minimum Gasteiger partial charge on any atom is -0.347 e. The molecule has 0 fully saturated rings. The van der Waals surface area contributed by atoms with Gasteiger partial charge < -0.3 is 5.32 Å². The molecule has 0 aromatic carbocycles. The summed E-state index contributed by atoms with van der Waals surface area (Å²) in [4.78, 5) is 20.1. The molecule has 1 amide bonds. The molecule has 21 heavy (non-hydrogen) atoms. The minimum absolute atomic E-state index is 0.207. The summed E-state index contributed by atoms with van der Waals surface area (Å²) in [5.41, 5.74) is 2.91. The normalized spacial score (nSPS) is 10.3. The number of H-pyrrole nitrogens is 1. The number of carbonyl (C=O) groups is 1. The van der Waals surface area contributed by atoms with Gasteiger partial charge in [-0.2, -0.15) is 5.10 Å². The van der Waals surface area contributed by atoms with Gasteiger partial charge in [-0.05, 0) is 29.8 Å². The fourth-order valence-electron chi connectivity index (χ4n) is 1.88. The van der Waals surface area contributed by atoms with Gasteiger partial charge >= 0.3 is 0 Å². The summed E-state index contributed by atoms with van der Waals surface area (Å²) in [6, 6.07) is 9.15. The van der Waals surface area contributed by atoms with E-state index in [4.69, 9.17) is 0 Å². The lowest BCUT2D eigenvalue weighted by atomic mass is 10.2. The summed E-state index contributed by atoms with van der Waals surface area (Å²) >= 11 is 0. The van der Waals surface area contributed by atoms with E-state index >= 15 is 0 Å². The summed E-state index contributed by atoms with van der Waals surface area (Å²) in [6.45, 7) is 0.425. The van der Waals surface area contributed by atoms with Gasteiger partial charge in [0.15, 0.2) is 0 Å². The molecule has 0 saturated heterocycles. The van der Waals surface area contributed by atoms with Crippen molar-refractivity contribution < 1.29 is 4.79 Å². The van der Waals surface area contributed by atoms with Crippen molar-refractivity contribution >= 4 is 5.91 Å². The van der Waals surface area contributed by atoms with Crippen molar-refractivity contribution in [3.8, 4) is 11.3 Å². The van der Waals surface area contributed by atoms with Crippen LogP contribution in [-0.2, 0) is 6.54 Å². The van der Waals surface area contributed by atoms with Crippen LogP contribution in [0.5, 0.6) is 0 Å². The van der Waals surface area contributed by atoms with Crippen molar-refractivity contribution in [2.24, 2.45) is 0 Å². The highest BCUT2D eigenvalue weighted by Gasteiger charge is 2.10. The van der Waals surface area contributed by atoms with Crippen molar-refractivity contribution in [1.82, 2.24) is 25.5 Å². The van der Waals surface area contributed by atoms with Crippen LogP contribution < -0.4 is 5.32 Å². The van der Waals surface area contributed by atoms with Gasteiger partial charge in [-0.15, -0.1) is 0 Å². The molecule has 3 heterocycles. The van der Waals surface area contributed by atoms with E-state index in [2.05, 4.69) is 25.5 Å². The van der Waals surface area contributed by atoms with Crippen molar-refractivity contribution in [2.45, 2.75) is 6.54 Å². The Kier molecular flexibility index (Phi) is 3.68. The molecule has 3 aromatic rings. The van der Waals surface area contributed by atoms with E-state index < -0.39 is 0 Å². The van der Waals surface area contributed by atoms with Crippen LogP contribution in [0, 0.1) is 0 Å². The minimum atomic E-state index is -0.207. The maximum absolute atomic E-state index is 12.0. The van der Waals surface area contributed by atoms with Crippen molar-refractivity contribution in [3.05, 3.63) is 66.4 Å². The third kappa shape index (κ3) is 3.11. The van der Waals surface area contributed by atoms with Gasteiger partial charge in [0.05, 0.1) is 5.69 Å². The molecule has 3 rings (SSSR count). The third-order valence-corrected chi connectivity index (χ3v) is 2.96. The molecule has 2 N–H and O–H groups in total. The van der Waals surface area contributed by atoms with E-state index in [1.807, 2.05) is 24.3 Å². The van der Waals surface area contributed by atoms with Gasteiger partial charge in [0.1, 0.15) is 5.69 Å². The molecule has 0 aliphatic heterocycles. The molecule has 0 bridgehead atoms. The summed E-state index contributed by atoms with van der Waals surface area (Å²) in [6.07, 6.45) is 6.81. The SMILES string of the molecule is O=C(NCc1cccnc1)c1cc(-c2cccnc2)n[nH]1. The second-order valence-electron chi connectivity index (χ2n) is 4.45. The topological polar surface area (TPSA) is 83.6 Å². The predicted octanol–water partition coefficient (Wildman–Crippen LogP) is 1.80. The number of hydrogen-bond acceptors (Lipinski definition) is 4. The van der Waals surface area contributed by atoms with E-state index in [1.165, 1.54) is 0 Å². The highest BCUT2D eigenvalue weighted by molar-refractivity contribution is 5.93. The number of hydrogen-bond donors (Lipinski definition) is 2. The summed E-state index contributed by atoms with van der Waals surface area (Å²) in [5.74, 6) is -0.207. The second kappa shape index (κ2) is 5.96. The van der Waals surface area contributed by atoms with Crippen LogP contribution in [0.25, 0.3) is 11.3 Å². The number of aromatic nitrogens is 4. The Bertz CT molecular complexity index is 724. The zero-order valence-corrected chi connectivity index (χ0v) is 11.2. The third-order valence-electron chi connectivity index (χ3n) is 2.96. The maximum Gasteiger partial charge on any atom is 0.269 e. The van der Waals surface area contributed by atoms with E-state index in [0.717, 1.165) is 11.1 Å². The lowest BCUT2D eigenvalue weighted by Crippen LogP contribution is -2.23. The average molecular weight is 279 g/mol. The Morgan fingerprint density at radius 2 is 1.95 bits per heavy atom. The molecule has 6 heteroatoms. The van der Waals surface area contributed by atoms with Crippen molar-refractivity contribution in [3.63, 3.8) is 0 Å². The van der Waals surface area contributed by atoms with Gasteiger partial charge in [-0.3, -0.25) is 19.9 Å². The first-order chi connectivity index (χ1) is 10.3. The zero-order valence-electron chi connectivity index (χ0n) is 11.2. The smallest absolute Gasteiger partial charge is 0.269 e. The summed E-state index contributed by atoms with van der Waals surface area (Å²) < 4.78 is 0. The standard InChI is InChI=1S/C15H13N5O/c21-15(18-9-11-3-1-5-16-8-11)14-7-13(19-20-14)12-4-2-6-17-10-12/h1-8,10H,9H2,(H,18,21)(H,19,20). The van der Waals surface area contributed by atoms with Crippen LogP contribution in [0.2, 0.25) is 0 Å². The molecular formula is C15H13N5O. The Labute approximate surface area is 121 Å². The largest absolute Gasteiger partial charge is 0.347 e. The van der Waals surface area contributed by atoms with Gasteiger partial charge in [-0.25, -0.2) is 0 Å². The van der Waals surface area contributed by atoms with Gasteiger partial charge in [0.25, 0.3) is 5.91 Å². The molecule has 104 valence electrons. The Morgan fingerprint density at radius 3 is 2.67 bits per heavy atom. The second-order valence-corrected chi connectivity index (χ2v) is 4.45. The zero-order chi connectivity index (χ0) is 14.5. The first kappa shape index (κ1) is 13.0.